The highest BCUT2D eigenvalue weighted by Crippen LogP contribution is 2.34. The van der Waals surface area contributed by atoms with Gasteiger partial charge in [0.25, 0.3) is 0 Å². The van der Waals surface area contributed by atoms with Crippen molar-refractivity contribution in [1.29, 1.82) is 0 Å². The quantitative estimate of drug-likeness (QED) is 0.429. The molecule has 0 saturated carbocycles. The second-order valence-electron chi connectivity index (χ2n) is 5.61. The number of nitrogens with zero attached hydrogens (tertiary/aromatic N) is 4. The van der Waals surface area contributed by atoms with Crippen molar-refractivity contribution in [3.05, 3.63) is 6.33 Å². The van der Waals surface area contributed by atoms with Gasteiger partial charge in [0.2, 0.25) is 5.95 Å². The molecule has 10 heteroatoms. The maximum absolute atomic E-state index is 10.2. The molecule has 0 spiro atoms. The molecular weight excluding hydrogens is 322 g/mol. The molecule has 0 bridgehead atoms. The summed E-state index contributed by atoms with van der Waals surface area (Å²) in [5.41, 5.74) is 6.74. The smallest absolute Gasteiger partial charge is 0.223 e. The van der Waals surface area contributed by atoms with Gasteiger partial charge in [-0.3, -0.25) is 4.57 Å². The number of rotatable bonds is 4. The number of fused-ring (bicyclic) bond motifs is 1. The normalized spacial score (nSPS) is 28.1. The van der Waals surface area contributed by atoms with E-state index >= 15 is 0 Å². The van der Waals surface area contributed by atoms with E-state index in [1.54, 1.807) is 0 Å². The van der Waals surface area contributed by atoms with Crippen LogP contribution >= 0.6 is 11.8 Å². The van der Waals surface area contributed by atoms with Gasteiger partial charge in [-0.15, -0.1) is 11.8 Å². The molecule has 2 aromatic rings. The molecule has 1 aliphatic rings. The summed E-state index contributed by atoms with van der Waals surface area (Å²) in [6.07, 6.45) is -2.70. The number of nitrogen functional groups attached to an aromatic ring is 1. The van der Waals surface area contributed by atoms with Gasteiger partial charge in [-0.05, 0) is 0 Å². The summed E-state index contributed by atoms with van der Waals surface area (Å²) in [6.45, 7) is 3.66. The predicted molar refractivity (Wildman–Crippen MR) is 83.7 cm³/mol. The van der Waals surface area contributed by atoms with Gasteiger partial charge in [-0.2, -0.15) is 4.98 Å². The van der Waals surface area contributed by atoms with Crippen molar-refractivity contribution in [2.24, 2.45) is 0 Å². The number of ether oxygens (including phenoxy) is 1. The number of nitrogens with two attached hydrogens (primary N) is 1. The summed E-state index contributed by atoms with van der Waals surface area (Å²) in [5, 5.41) is 30.2. The summed E-state index contributed by atoms with van der Waals surface area (Å²) >= 11 is 1.50. The number of aliphatic hydroxyl groups excluding tert-OH is 3. The lowest BCUT2D eigenvalue weighted by molar-refractivity contribution is -0.0511. The Bertz CT molecular complexity index is 709. The standard InChI is InChI=1S/C13H19N5O4S/c1-5(2)23-11-7-10(16-13(14)17-11)18(4-15-7)12-9(21)8(20)6(3-19)22-12/h4-6,8-9,12,19-21H,3H2,1-2H3,(H2,14,16,17)/t6-,8+,9+,12+/m0/s1. The molecule has 126 valence electrons. The molecule has 23 heavy (non-hydrogen) atoms. The highest BCUT2D eigenvalue weighted by Gasteiger charge is 2.44. The first-order valence-corrected chi connectivity index (χ1v) is 8.09. The Morgan fingerprint density at radius 1 is 1.35 bits per heavy atom. The molecule has 0 aliphatic carbocycles. The minimum Gasteiger partial charge on any atom is -0.394 e. The lowest BCUT2D eigenvalue weighted by Gasteiger charge is -2.16. The van der Waals surface area contributed by atoms with E-state index < -0.39 is 31.1 Å². The van der Waals surface area contributed by atoms with Crippen LogP contribution in [0.1, 0.15) is 20.1 Å². The van der Waals surface area contributed by atoms with E-state index in [0.29, 0.717) is 16.2 Å². The van der Waals surface area contributed by atoms with Crippen LogP contribution in [-0.2, 0) is 4.74 Å². The molecule has 5 N–H and O–H groups in total. The molecule has 3 heterocycles. The van der Waals surface area contributed by atoms with E-state index in [1.165, 1.54) is 22.7 Å². The number of thioether (sulfide) groups is 1. The maximum atomic E-state index is 10.2. The molecule has 1 saturated heterocycles. The van der Waals surface area contributed by atoms with Crippen LogP contribution in [0.15, 0.2) is 11.4 Å². The number of imidazole rings is 1. The van der Waals surface area contributed by atoms with E-state index in [0.717, 1.165) is 0 Å². The summed E-state index contributed by atoms with van der Waals surface area (Å²) < 4.78 is 7.01. The lowest BCUT2D eigenvalue weighted by Crippen LogP contribution is -2.33. The fourth-order valence-corrected chi connectivity index (χ4v) is 3.36. The Balaban J connectivity index is 2.04. The van der Waals surface area contributed by atoms with Crippen molar-refractivity contribution in [1.82, 2.24) is 19.5 Å². The first-order chi connectivity index (χ1) is 10.9. The maximum Gasteiger partial charge on any atom is 0.223 e. The van der Waals surface area contributed by atoms with Gasteiger partial charge in [0.05, 0.1) is 12.9 Å². The largest absolute Gasteiger partial charge is 0.394 e. The van der Waals surface area contributed by atoms with Gasteiger partial charge in [0, 0.05) is 5.25 Å². The molecule has 3 rings (SSSR count). The number of hydrogen-bond acceptors (Lipinski definition) is 9. The number of anilines is 1. The highest BCUT2D eigenvalue weighted by molar-refractivity contribution is 8.00. The Morgan fingerprint density at radius 2 is 2.09 bits per heavy atom. The van der Waals surface area contributed by atoms with Crippen molar-refractivity contribution in [3.63, 3.8) is 0 Å². The Kier molecular flexibility index (Phi) is 4.43. The Labute approximate surface area is 136 Å². The van der Waals surface area contributed by atoms with E-state index in [-0.39, 0.29) is 11.2 Å². The predicted octanol–water partition coefficient (Wildman–Crippen LogP) is -0.480. The number of aromatic nitrogens is 4. The molecule has 0 unspecified atom stereocenters. The van der Waals surface area contributed by atoms with Crippen LogP contribution < -0.4 is 5.73 Å². The van der Waals surface area contributed by atoms with E-state index in [1.807, 2.05) is 13.8 Å². The van der Waals surface area contributed by atoms with Crippen LogP contribution in [0.5, 0.6) is 0 Å². The summed E-state index contributed by atoms with van der Waals surface area (Å²) in [7, 11) is 0. The topological polar surface area (TPSA) is 140 Å². The fourth-order valence-electron chi connectivity index (χ4n) is 2.51. The van der Waals surface area contributed by atoms with Crippen LogP contribution in [0.4, 0.5) is 5.95 Å². The highest BCUT2D eigenvalue weighted by atomic mass is 32.2. The van der Waals surface area contributed by atoms with Crippen molar-refractivity contribution >= 4 is 28.9 Å². The van der Waals surface area contributed by atoms with Gasteiger partial charge in [-0.1, -0.05) is 13.8 Å². The summed E-state index contributed by atoms with van der Waals surface area (Å²) in [6, 6.07) is 0. The SMILES string of the molecule is CC(C)Sc1nc(N)nc2c1ncn2[C@@H]1O[C@@H](CO)[C@@H](O)[C@H]1O. The molecule has 1 fully saturated rings. The third-order valence-electron chi connectivity index (χ3n) is 3.55. The first-order valence-electron chi connectivity index (χ1n) is 7.21. The van der Waals surface area contributed by atoms with E-state index in [2.05, 4.69) is 15.0 Å². The second kappa shape index (κ2) is 6.21. The van der Waals surface area contributed by atoms with Crippen molar-refractivity contribution in [2.75, 3.05) is 12.3 Å². The van der Waals surface area contributed by atoms with Crippen molar-refractivity contribution in [2.45, 2.75) is 48.7 Å². The van der Waals surface area contributed by atoms with Gasteiger partial charge < -0.3 is 25.8 Å². The third-order valence-corrected chi connectivity index (χ3v) is 4.52. The monoisotopic (exact) mass is 341 g/mol. The van der Waals surface area contributed by atoms with Crippen molar-refractivity contribution < 1.29 is 20.1 Å². The fraction of sp³-hybridized carbons (Fsp3) is 0.615. The first kappa shape index (κ1) is 16.4. The van der Waals surface area contributed by atoms with Crippen LogP contribution in [-0.4, -0.2) is 65.0 Å². The molecular formula is C13H19N5O4S. The molecule has 2 aromatic heterocycles. The zero-order valence-corrected chi connectivity index (χ0v) is 13.5. The van der Waals surface area contributed by atoms with E-state index in [9.17, 15) is 15.3 Å². The summed E-state index contributed by atoms with van der Waals surface area (Å²) in [4.78, 5) is 12.7. The van der Waals surface area contributed by atoms with Crippen LogP contribution in [0.3, 0.4) is 0 Å². The molecule has 0 aromatic carbocycles. The average molecular weight is 341 g/mol. The zero-order valence-electron chi connectivity index (χ0n) is 12.7. The minimum atomic E-state index is -1.21. The molecule has 0 amide bonds. The van der Waals surface area contributed by atoms with Gasteiger partial charge in [0.15, 0.2) is 11.9 Å². The summed E-state index contributed by atoms with van der Waals surface area (Å²) in [5.74, 6) is 0.0918. The Hall–Kier alpha value is -1.46. The minimum absolute atomic E-state index is 0.0918. The van der Waals surface area contributed by atoms with Crippen molar-refractivity contribution in [3.8, 4) is 0 Å². The molecule has 1 aliphatic heterocycles. The number of aliphatic hydroxyl groups is 3. The van der Waals surface area contributed by atoms with Gasteiger partial charge in [0.1, 0.15) is 28.9 Å². The molecule has 4 atom stereocenters. The average Bonchev–Trinajstić information content (AvgIpc) is 3.01. The second-order valence-corrected chi connectivity index (χ2v) is 7.17. The molecule has 9 nitrogen and oxygen atoms in total. The Morgan fingerprint density at radius 3 is 2.70 bits per heavy atom. The third kappa shape index (κ3) is 2.88. The van der Waals surface area contributed by atoms with Crippen LogP contribution in [0, 0.1) is 0 Å². The number of hydrogen-bond donors (Lipinski definition) is 4. The zero-order chi connectivity index (χ0) is 16.7. The van der Waals surface area contributed by atoms with Crippen LogP contribution in [0.25, 0.3) is 11.2 Å². The van der Waals surface area contributed by atoms with Gasteiger partial charge in [-0.25, -0.2) is 9.97 Å². The molecule has 0 radical (unpaired) electrons. The van der Waals surface area contributed by atoms with Crippen LogP contribution in [0.2, 0.25) is 0 Å². The van der Waals surface area contributed by atoms with Gasteiger partial charge >= 0.3 is 0 Å². The van der Waals surface area contributed by atoms with E-state index in [4.69, 9.17) is 10.5 Å². The lowest BCUT2D eigenvalue weighted by atomic mass is 10.1.